The molecule has 20 heavy (non-hydrogen) atoms. The van der Waals surface area contributed by atoms with Crippen LogP contribution in [0.25, 0.3) is 0 Å². The molecular formula is C17H23FN2. The third-order valence-corrected chi connectivity index (χ3v) is 4.11. The Balaban J connectivity index is 2.43. The van der Waals surface area contributed by atoms with Gasteiger partial charge in [0.25, 0.3) is 0 Å². The summed E-state index contributed by atoms with van der Waals surface area (Å²) in [5.41, 5.74) is 11.0. The molecule has 108 valence electrons. The van der Waals surface area contributed by atoms with Crippen LogP contribution in [0.5, 0.6) is 0 Å². The molecule has 2 N–H and O–H groups in total. The minimum absolute atomic E-state index is 0.00856. The molecule has 2 rings (SSSR count). The van der Waals surface area contributed by atoms with Gasteiger partial charge in [-0.05, 0) is 37.6 Å². The minimum atomic E-state index is -0.132. The van der Waals surface area contributed by atoms with Gasteiger partial charge in [-0.25, -0.2) is 4.39 Å². The Labute approximate surface area is 120 Å². The van der Waals surface area contributed by atoms with Gasteiger partial charge in [0.15, 0.2) is 0 Å². The lowest BCUT2D eigenvalue weighted by Crippen LogP contribution is -2.35. The number of hydrogen-bond donors (Lipinski definition) is 1. The molecule has 1 unspecified atom stereocenters. The van der Waals surface area contributed by atoms with Gasteiger partial charge in [-0.3, -0.25) is 4.90 Å². The molecule has 1 heterocycles. The van der Waals surface area contributed by atoms with Crippen LogP contribution >= 0.6 is 0 Å². The number of likely N-dealkylation sites (N-methyl/N-ethyl adjacent to an activating group) is 1. The van der Waals surface area contributed by atoms with Crippen molar-refractivity contribution in [2.45, 2.75) is 32.7 Å². The maximum absolute atomic E-state index is 14.3. The van der Waals surface area contributed by atoms with Crippen LogP contribution in [0.15, 0.2) is 41.6 Å². The highest BCUT2D eigenvalue weighted by Crippen LogP contribution is 2.36. The summed E-state index contributed by atoms with van der Waals surface area (Å²) in [6.45, 7) is 8.72. The Kier molecular flexibility index (Phi) is 4.29. The Hall–Kier alpha value is -1.61. The monoisotopic (exact) mass is 274 g/mol. The van der Waals surface area contributed by atoms with Crippen LogP contribution in [0.3, 0.4) is 0 Å². The largest absolute Gasteiger partial charge is 0.402 e. The molecule has 0 spiro atoms. The minimum Gasteiger partial charge on any atom is -0.402 e. The third-order valence-electron chi connectivity index (χ3n) is 4.11. The van der Waals surface area contributed by atoms with Crippen molar-refractivity contribution in [1.82, 2.24) is 4.90 Å². The second-order valence-electron chi connectivity index (χ2n) is 5.59. The fourth-order valence-corrected chi connectivity index (χ4v) is 2.94. The first-order valence-electron chi connectivity index (χ1n) is 7.06. The fourth-order valence-electron chi connectivity index (χ4n) is 2.94. The van der Waals surface area contributed by atoms with Crippen LogP contribution in [0.1, 0.15) is 37.4 Å². The molecule has 1 aliphatic rings. The van der Waals surface area contributed by atoms with Crippen LogP contribution in [-0.4, -0.2) is 18.5 Å². The second kappa shape index (κ2) is 5.80. The molecule has 0 fully saturated rings. The standard InChI is InChI=1S/C17H23FN2/c1-5-12-7-6-8-14(18)17(12)16-9-15(19)13(11(2)3)10-20(16)4/h6-8,16H,2,5,9-10,19H2,1,3-4H3. The number of aryl methyl sites for hydroxylation is 1. The number of benzene rings is 1. The summed E-state index contributed by atoms with van der Waals surface area (Å²) < 4.78 is 14.3. The predicted octanol–water partition coefficient (Wildman–Crippen LogP) is 3.55. The average molecular weight is 274 g/mol. The van der Waals surface area contributed by atoms with Gasteiger partial charge in [-0.15, -0.1) is 0 Å². The summed E-state index contributed by atoms with van der Waals surface area (Å²) in [5.74, 6) is -0.132. The molecule has 0 bridgehead atoms. The molecule has 1 aromatic carbocycles. The van der Waals surface area contributed by atoms with Gasteiger partial charge >= 0.3 is 0 Å². The van der Waals surface area contributed by atoms with Gasteiger partial charge in [0.2, 0.25) is 0 Å². The summed E-state index contributed by atoms with van der Waals surface area (Å²) >= 11 is 0. The number of nitrogens with zero attached hydrogens (tertiary/aromatic N) is 1. The topological polar surface area (TPSA) is 29.3 Å². The normalized spacial score (nSPS) is 20.3. The van der Waals surface area contributed by atoms with Gasteiger partial charge in [0.1, 0.15) is 5.82 Å². The molecule has 0 radical (unpaired) electrons. The SMILES string of the molecule is C=C(C)C1=C(N)CC(c2c(F)cccc2CC)N(C)C1. The van der Waals surface area contributed by atoms with Crippen molar-refractivity contribution in [1.29, 1.82) is 0 Å². The Morgan fingerprint density at radius 3 is 2.80 bits per heavy atom. The zero-order valence-electron chi connectivity index (χ0n) is 12.5. The quantitative estimate of drug-likeness (QED) is 0.913. The number of hydrogen-bond acceptors (Lipinski definition) is 2. The summed E-state index contributed by atoms with van der Waals surface area (Å²) in [6, 6.07) is 5.32. The van der Waals surface area contributed by atoms with Crippen molar-refractivity contribution >= 4 is 0 Å². The zero-order valence-corrected chi connectivity index (χ0v) is 12.5. The third kappa shape index (κ3) is 2.63. The van der Waals surface area contributed by atoms with Crippen LogP contribution in [-0.2, 0) is 6.42 Å². The molecule has 2 nitrogen and oxygen atoms in total. The maximum Gasteiger partial charge on any atom is 0.128 e. The van der Waals surface area contributed by atoms with Crippen LogP contribution in [0, 0.1) is 5.82 Å². The molecule has 0 amide bonds. The van der Waals surface area contributed by atoms with Crippen LogP contribution < -0.4 is 5.73 Å². The molecule has 0 saturated heterocycles. The molecule has 3 heteroatoms. The lowest BCUT2D eigenvalue weighted by Gasteiger charge is -2.36. The summed E-state index contributed by atoms with van der Waals surface area (Å²) in [7, 11) is 2.02. The smallest absolute Gasteiger partial charge is 0.128 e. The van der Waals surface area contributed by atoms with E-state index in [-0.39, 0.29) is 11.9 Å². The molecule has 0 saturated carbocycles. The van der Waals surface area contributed by atoms with E-state index in [0.717, 1.165) is 40.9 Å². The maximum atomic E-state index is 14.3. The highest BCUT2D eigenvalue weighted by molar-refractivity contribution is 5.39. The highest BCUT2D eigenvalue weighted by Gasteiger charge is 2.29. The van der Waals surface area contributed by atoms with E-state index in [0.29, 0.717) is 6.42 Å². The molecule has 0 aromatic heterocycles. The summed E-state index contributed by atoms with van der Waals surface area (Å²) in [4.78, 5) is 2.16. The van der Waals surface area contributed by atoms with Crippen molar-refractivity contribution in [3.63, 3.8) is 0 Å². The van der Waals surface area contributed by atoms with Gasteiger partial charge in [-0.2, -0.15) is 0 Å². The Morgan fingerprint density at radius 2 is 2.20 bits per heavy atom. The van der Waals surface area contributed by atoms with E-state index in [1.807, 2.05) is 20.0 Å². The average Bonchev–Trinajstić information content (AvgIpc) is 2.40. The first-order chi connectivity index (χ1) is 9.45. The number of rotatable bonds is 3. The molecule has 1 aromatic rings. The Bertz CT molecular complexity index is 560. The van der Waals surface area contributed by atoms with E-state index in [4.69, 9.17) is 5.73 Å². The predicted molar refractivity (Wildman–Crippen MR) is 81.8 cm³/mol. The van der Waals surface area contributed by atoms with Gasteiger partial charge in [0.05, 0.1) is 0 Å². The highest BCUT2D eigenvalue weighted by atomic mass is 19.1. The lowest BCUT2D eigenvalue weighted by molar-refractivity contribution is 0.240. The zero-order chi connectivity index (χ0) is 14.9. The van der Waals surface area contributed by atoms with Gasteiger partial charge < -0.3 is 5.73 Å². The van der Waals surface area contributed by atoms with Crippen molar-refractivity contribution in [2.24, 2.45) is 5.73 Å². The van der Waals surface area contributed by atoms with E-state index in [9.17, 15) is 4.39 Å². The first-order valence-corrected chi connectivity index (χ1v) is 7.06. The van der Waals surface area contributed by atoms with Crippen LogP contribution in [0.4, 0.5) is 4.39 Å². The van der Waals surface area contributed by atoms with Gasteiger partial charge in [-0.1, -0.05) is 31.2 Å². The van der Waals surface area contributed by atoms with Crippen molar-refractivity contribution < 1.29 is 4.39 Å². The van der Waals surface area contributed by atoms with Gasteiger partial charge in [0, 0.05) is 30.3 Å². The van der Waals surface area contributed by atoms with E-state index < -0.39 is 0 Å². The number of nitrogens with two attached hydrogens (primary N) is 1. The molecule has 1 atom stereocenters. The second-order valence-corrected chi connectivity index (χ2v) is 5.59. The van der Waals surface area contributed by atoms with E-state index in [1.165, 1.54) is 6.07 Å². The van der Waals surface area contributed by atoms with Crippen molar-refractivity contribution in [2.75, 3.05) is 13.6 Å². The molecule has 1 aliphatic heterocycles. The molecular weight excluding hydrogens is 251 g/mol. The lowest BCUT2D eigenvalue weighted by atomic mass is 9.88. The number of halogens is 1. The van der Waals surface area contributed by atoms with Crippen LogP contribution in [0.2, 0.25) is 0 Å². The summed E-state index contributed by atoms with van der Waals surface area (Å²) in [6.07, 6.45) is 1.49. The fraction of sp³-hybridized carbons (Fsp3) is 0.412. The van der Waals surface area contributed by atoms with Crippen molar-refractivity contribution in [3.8, 4) is 0 Å². The summed E-state index contributed by atoms with van der Waals surface area (Å²) in [5, 5.41) is 0. The molecule has 0 aliphatic carbocycles. The van der Waals surface area contributed by atoms with Crippen molar-refractivity contribution in [3.05, 3.63) is 58.6 Å². The van der Waals surface area contributed by atoms with E-state index >= 15 is 0 Å². The van der Waals surface area contributed by atoms with E-state index in [2.05, 4.69) is 18.4 Å². The first kappa shape index (κ1) is 14.8. The van der Waals surface area contributed by atoms with E-state index in [1.54, 1.807) is 6.07 Å². The Morgan fingerprint density at radius 1 is 1.50 bits per heavy atom.